The molecule has 0 atom stereocenters. The van der Waals surface area contributed by atoms with Crippen LogP contribution in [-0.2, 0) is 12.7 Å². The second-order valence-electron chi connectivity index (χ2n) is 4.92. The van der Waals surface area contributed by atoms with Gasteiger partial charge in [-0.25, -0.2) is 4.98 Å². The molecule has 0 radical (unpaired) electrons. The summed E-state index contributed by atoms with van der Waals surface area (Å²) in [6.07, 6.45) is 1.26. The van der Waals surface area contributed by atoms with E-state index in [9.17, 15) is 13.2 Å². The van der Waals surface area contributed by atoms with Crippen LogP contribution < -0.4 is 4.74 Å². The molecule has 2 aromatic heterocycles. The molecule has 24 heavy (non-hydrogen) atoms. The molecule has 3 aromatic rings. The summed E-state index contributed by atoms with van der Waals surface area (Å²) < 4.78 is 49.5. The number of hydrogen-bond donors (Lipinski definition) is 0. The SMILES string of the molecule is FC(F)(F)c1nc(-c2ccccc2OCCCn2ccnc2)no1. The maximum absolute atomic E-state index is 12.6. The Morgan fingerprint density at radius 1 is 1.21 bits per heavy atom. The van der Waals surface area contributed by atoms with E-state index < -0.39 is 12.1 Å². The minimum absolute atomic E-state index is 0.160. The third kappa shape index (κ3) is 3.73. The molecule has 0 saturated carbocycles. The Hall–Kier alpha value is -2.84. The van der Waals surface area contributed by atoms with Crippen molar-refractivity contribution in [3.8, 4) is 17.1 Å². The Morgan fingerprint density at radius 2 is 2.04 bits per heavy atom. The molecule has 0 aliphatic rings. The van der Waals surface area contributed by atoms with E-state index in [-0.39, 0.29) is 5.82 Å². The average molecular weight is 338 g/mol. The number of halogens is 3. The molecule has 9 heteroatoms. The van der Waals surface area contributed by atoms with Crippen molar-refractivity contribution in [3.63, 3.8) is 0 Å². The number of rotatable bonds is 6. The molecule has 0 spiro atoms. The number of aryl methyl sites for hydroxylation is 1. The minimum Gasteiger partial charge on any atom is -0.493 e. The smallest absolute Gasteiger partial charge is 0.471 e. The molecule has 0 bridgehead atoms. The standard InChI is InChI=1S/C15H13F3N4O2/c16-15(17,18)14-20-13(21-24-14)11-4-1-2-5-12(11)23-9-3-7-22-8-6-19-10-22/h1-2,4-6,8,10H,3,7,9H2. The number of alkyl halides is 3. The van der Waals surface area contributed by atoms with Gasteiger partial charge in [0.25, 0.3) is 0 Å². The van der Waals surface area contributed by atoms with Gasteiger partial charge in [-0.1, -0.05) is 17.3 Å². The normalized spacial score (nSPS) is 11.6. The Morgan fingerprint density at radius 3 is 2.75 bits per heavy atom. The fraction of sp³-hybridized carbons (Fsp3) is 0.267. The Bertz CT molecular complexity index is 784. The summed E-state index contributed by atoms with van der Waals surface area (Å²) in [7, 11) is 0. The van der Waals surface area contributed by atoms with Gasteiger partial charge in [-0.3, -0.25) is 0 Å². The maximum atomic E-state index is 12.6. The second kappa shape index (κ2) is 6.73. The number of hydrogen-bond acceptors (Lipinski definition) is 5. The molecule has 126 valence electrons. The molecule has 0 aliphatic carbocycles. The molecule has 0 fully saturated rings. The zero-order chi connectivity index (χ0) is 17.0. The number of ether oxygens (including phenoxy) is 1. The van der Waals surface area contributed by atoms with E-state index >= 15 is 0 Å². The molecule has 0 unspecified atom stereocenters. The molecule has 3 rings (SSSR count). The van der Waals surface area contributed by atoms with E-state index in [1.807, 2.05) is 10.8 Å². The molecular formula is C15H13F3N4O2. The minimum atomic E-state index is -4.67. The topological polar surface area (TPSA) is 66.0 Å². The number of imidazole rings is 1. The van der Waals surface area contributed by atoms with Crippen LogP contribution in [0, 0.1) is 0 Å². The lowest BCUT2D eigenvalue weighted by molar-refractivity contribution is -0.159. The van der Waals surface area contributed by atoms with Crippen LogP contribution in [-0.4, -0.2) is 26.3 Å². The van der Waals surface area contributed by atoms with E-state index in [1.165, 1.54) is 0 Å². The second-order valence-corrected chi connectivity index (χ2v) is 4.92. The highest BCUT2D eigenvalue weighted by Crippen LogP contribution is 2.32. The van der Waals surface area contributed by atoms with Crippen molar-refractivity contribution < 1.29 is 22.4 Å². The fourth-order valence-corrected chi connectivity index (χ4v) is 2.07. The highest BCUT2D eigenvalue weighted by atomic mass is 19.4. The zero-order valence-electron chi connectivity index (χ0n) is 12.4. The van der Waals surface area contributed by atoms with Crippen LogP contribution in [0.3, 0.4) is 0 Å². The van der Waals surface area contributed by atoms with Crippen molar-refractivity contribution in [2.45, 2.75) is 19.1 Å². The van der Waals surface area contributed by atoms with Gasteiger partial charge in [0.1, 0.15) is 5.75 Å². The van der Waals surface area contributed by atoms with Crippen LogP contribution >= 0.6 is 0 Å². The summed E-state index contributed by atoms with van der Waals surface area (Å²) in [6.45, 7) is 1.11. The van der Waals surface area contributed by atoms with Gasteiger partial charge >= 0.3 is 12.1 Å². The van der Waals surface area contributed by atoms with Crippen LogP contribution in [0.4, 0.5) is 13.2 Å². The van der Waals surface area contributed by atoms with E-state index in [0.717, 1.165) is 6.54 Å². The first kappa shape index (κ1) is 16.0. The molecule has 0 saturated heterocycles. The number of aromatic nitrogens is 4. The molecular weight excluding hydrogens is 325 g/mol. The average Bonchev–Trinajstić information content (AvgIpc) is 3.23. The lowest BCUT2D eigenvalue weighted by Gasteiger charge is -2.09. The van der Waals surface area contributed by atoms with Crippen LogP contribution in [0.2, 0.25) is 0 Å². The van der Waals surface area contributed by atoms with Crippen molar-refractivity contribution >= 4 is 0 Å². The highest BCUT2D eigenvalue weighted by molar-refractivity contribution is 5.63. The number of benzene rings is 1. The fourth-order valence-electron chi connectivity index (χ4n) is 2.07. The predicted octanol–water partition coefficient (Wildman–Crippen LogP) is 3.42. The van der Waals surface area contributed by atoms with Crippen molar-refractivity contribution in [1.29, 1.82) is 0 Å². The van der Waals surface area contributed by atoms with Gasteiger partial charge in [-0.05, 0) is 18.6 Å². The highest BCUT2D eigenvalue weighted by Gasteiger charge is 2.38. The molecule has 0 aliphatic heterocycles. The van der Waals surface area contributed by atoms with Crippen molar-refractivity contribution in [2.75, 3.05) is 6.61 Å². The lowest BCUT2D eigenvalue weighted by Crippen LogP contribution is -2.05. The summed E-state index contributed by atoms with van der Waals surface area (Å²) in [5.41, 5.74) is 0.347. The van der Waals surface area contributed by atoms with Gasteiger partial charge in [-0.15, -0.1) is 0 Å². The Kier molecular flexibility index (Phi) is 4.50. The largest absolute Gasteiger partial charge is 0.493 e. The van der Waals surface area contributed by atoms with Crippen LogP contribution in [0.1, 0.15) is 12.3 Å². The summed E-state index contributed by atoms with van der Waals surface area (Å²) in [6, 6.07) is 6.61. The summed E-state index contributed by atoms with van der Waals surface area (Å²) in [4.78, 5) is 7.32. The Balaban J connectivity index is 1.67. The molecule has 1 aromatic carbocycles. The van der Waals surface area contributed by atoms with Gasteiger partial charge in [-0.2, -0.15) is 18.2 Å². The predicted molar refractivity (Wildman–Crippen MR) is 77.1 cm³/mol. The molecule has 0 amide bonds. The monoisotopic (exact) mass is 338 g/mol. The van der Waals surface area contributed by atoms with Crippen molar-refractivity contribution in [2.24, 2.45) is 0 Å². The maximum Gasteiger partial charge on any atom is 0.471 e. The zero-order valence-corrected chi connectivity index (χ0v) is 12.4. The Labute approximate surface area is 134 Å². The summed E-state index contributed by atoms with van der Waals surface area (Å²) in [5.74, 6) is -1.14. The van der Waals surface area contributed by atoms with Crippen LogP contribution in [0.5, 0.6) is 5.75 Å². The van der Waals surface area contributed by atoms with Gasteiger partial charge in [0.05, 0.1) is 18.5 Å². The van der Waals surface area contributed by atoms with Gasteiger partial charge in [0.2, 0.25) is 5.82 Å². The van der Waals surface area contributed by atoms with Gasteiger partial charge < -0.3 is 13.8 Å². The van der Waals surface area contributed by atoms with E-state index in [0.29, 0.717) is 24.3 Å². The molecule has 2 heterocycles. The van der Waals surface area contributed by atoms with E-state index in [1.54, 1.807) is 36.8 Å². The first-order chi connectivity index (χ1) is 11.5. The van der Waals surface area contributed by atoms with Crippen LogP contribution in [0.25, 0.3) is 11.4 Å². The first-order valence-electron chi connectivity index (χ1n) is 7.13. The lowest BCUT2D eigenvalue weighted by atomic mass is 10.2. The third-order valence-electron chi connectivity index (χ3n) is 3.17. The quantitative estimate of drug-likeness (QED) is 0.644. The number of nitrogens with zero attached hydrogens (tertiary/aromatic N) is 4. The summed E-state index contributed by atoms with van der Waals surface area (Å²) in [5, 5.41) is 3.38. The van der Waals surface area contributed by atoms with Crippen LogP contribution in [0.15, 0.2) is 47.5 Å². The summed E-state index contributed by atoms with van der Waals surface area (Å²) >= 11 is 0. The van der Waals surface area contributed by atoms with E-state index in [2.05, 4.69) is 19.6 Å². The van der Waals surface area contributed by atoms with Gasteiger partial charge in [0.15, 0.2) is 0 Å². The molecule has 0 N–H and O–H groups in total. The van der Waals surface area contributed by atoms with E-state index in [4.69, 9.17) is 4.74 Å². The molecule has 6 nitrogen and oxygen atoms in total. The van der Waals surface area contributed by atoms with Crippen molar-refractivity contribution in [3.05, 3.63) is 48.9 Å². The first-order valence-corrected chi connectivity index (χ1v) is 7.13. The third-order valence-corrected chi connectivity index (χ3v) is 3.17. The van der Waals surface area contributed by atoms with Gasteiger partial charge in [0, 0.05) is 18.9 Å². The van der Waals surface area contributed by atoms with Crippen molar-refractivity contribution in [1.82, 2.24) is 19.7 Å². The number of para-hydroxylation sites is 1.